The van der Waals surface area contributed by atoms with Gasteiger partial charge in [0.2, 0.25) is 11.8 Å². The van der Waals surface area contributed by atoms with Crippen LogP contribution >= 0.6 is 0 Å². The molecule has 1 amide bonds. The summed E-state index contributed by atoms with van der Waals surface area (Å²) in [5, 5.41) is 7.53. The fourth-order valence-corrected chi connectivity index (χ4v) is 3.86. The van der Waals surface area contributed by atoms with E-state index < -0.39 is 0 Å². The van der Waals surface area contributed by atoms with E-state index in [-0.39, 0.29) is 11.8 Å². The zero-order chi connectivity index (χ0) is 22.7. The number of anilines is 1. The smallest absolute Gasteiger partial charge is 0.231 e. The van der Waals surface area contributed by atoms with E-state index in [1.807, 2.05) is 93.0 Å². The highest BCUT2D eigenvalue weighted by molar-refractivity contribution is 5.96. The Morgan fingerprint density at radius 1 is 1.06 bits per heavy atom. The normalized spacial score (nSPS) is 12.0. The lowest BCUT2D eigenvalue weighted by Gasteiger charge is -2.15. The van der Waals surface area contributed by atoms with Gasteiger partial charge >= 0.3 is 0 Å². The maximum atomic E-state index is 12.8. The molecular formula is C26H28N4O2. The van der Waals surface area contributed by atoms with E-state index in [9.17, 15) is 4.79 Å². The van der Waals surface area contributed by atoms with Crippen LogP contribution in [0.1, 0.15) is 47.7 Å². The van der Waals surface area contributed by atoms with E-state index in [1.54, 1.807) is 0 Å². The highest BCUT2D eigenvalue weighted by Crippen LogP contribution is 2.26. The lowest BCUT2D eigenvalue weighted by molar-refractivity contribution is -0.117. The first-order chi connectivity index (χ1) is 15.4. The summed E-state index contributed by atoms with van der Waals surface area (Å²) in [6.07, 6.45) is 0.738. The van der Waals surface area contributed by atoms with E-state index in [0.717, 1.165) is 46.1 Å². The number of aromatic nitrogens is 3. The molecule has 6 heteroatoms. The quantitative estimate of drug-likeness (QED) is 0.413. The first-order valence-electron chi connectivity index (χ1n) is 10.9. The van der Waals surface area contributed by atoms with E-state index in [1.165, 1.54) is 0 Å². The van der Waals surface area contributed by atoms with Gasteiger partial charge in [-0.3, -0.25) is 9.48 Å². The van der Waals surface area contributed by atoms with Gasteiger partial charge in [0.05, 0.1) is 18.2 Å². The van der Waals surface area contributed by atoms with Crippen molar-refractivity contribution in [3.05, 3.63) is 89.1 Å². The zero-order valence-corrected chi connectivity index (χ0v) is 18.9. The van der Waals surface area contributed by atoms with Crippen LogP contribution in [0, 0.1) is 20.8 Å². The molecule has 2 aromatic heterocycles. The van der Waals surface area contributed by atoms with Crippen molar-refractivity contribution in [2.45, 2.75) is 46.6 Å². The van der Waals surface area contributed by atoms with Gasteiger partial charge < -0.3 is 9.73 Å². The molecule has 164 valence electrons. The van der Waals surface area contributed by atoms with Crippen LogP contribution in [0.25, 0.3) is 11.5 Å². The summed E-state index contributed by atoms with van der Waals surface area (Å²) >= 11 is 0. The molecule has 0 aliphatic rings. The third-order valence-corrected chi connectivity index (χ3v) is 5.62. The van der Waals surface area contributed by atoms with Gasteiger partial charge in [0, 0.05) is 16.9 Å². The number of hydrogen-bond donors (Lipinski definition) is 1. The number of benzene rings is 2. The van der Waals surface area contributed by atoms with Crippen LogP contribution in [0.3, 0.4) is 0 Å². The molecule has 0 radical (unpaired) electrons. The van der Waals surface area contributed by atoms with Crippen molar-refractivity contribution in [1.29, 1.82) is 0 Å². The van der Waals surface area contributed by atoms with Gasteiger partial charge in [-0.25, -0.2) is 4.98 Å². The second-order valence-corrected chi connectivity index (χ2v) is 8.04. The van der Waals surface area contributed by atoms with Crippen molar-refractivity contribution < 1.29 is 9.21 Å². The minimum Gasteiger partial charge on any atom is -0.441 e. The molecule has 6 nitrogen and oxygen atoms in total. The van der Waals surface area contributed by atoms with Crippen LogP contribution in [0.4, 0.5) is 5.69 Å². The molecule has 2 heterocycles. The van der Waals surface area contributed by atoms with Crippen molar-refractivity contribution in [2.75, 3.05) is 5.32 Å². The summed E-state index contributed by atoms with van der Waals surface area (Å²) in [6, 6.07) is 19.5. The van der Waals surface area contributed by atoms with Crippen molar-refractivity contribution in [2.24, 2.45) is 0 Å². The maximum absolute atomic E-state index is 12.8. The summed E-state index contributed by atoms with van der Waals surface area (Å²) in [7, 11) is 0. The molecule has 0 fully saturated rings. The number of aryl methyl sites for hydroxylation is 3. The molecule has 0 unspecified atom stereocenters. The van der Waals surface area contributed by atoms with E-state index in [0.29, 0.717) is 12.4 Å². The topological polar surface area (TPSA) is 73.0 Å². The molecule has 4 aromatic rings. The third-order valence-electron chi connectivity index (χ3n) is 5.62. The molecule has 2 aromatic carbocycles. The molecule has 1 N–H and O–H groups in total. The van der Waals surface area contributed by atoms with Crippen molar-refractivity contribution in [3.8, 4) is 11.5 Å². The van der Waals surface area contributed by atoms with Crippen molar-refractivity contribution in [1.82, 2.24) is 14.8 Å². The largest absolute Gasteiger partial charge is 0.441 e. The molecule has 0 spiro atoms. The SMILES string of the molecule is CC[C@H](C(=O)Nc1ccc(-c2nc(Cn3nc(C)cc3C)c(C)o2)cc1)c1ccccc1. The average molecular weight is 429 g/mol. The number of carbonyl (C=O) groups excluding carboxylic acids is 1. The molecule has 1 atom stereocenters. The highest BCUT2D eigenvalue weighted by atomic mass is 16.4. The zero-order valence-electron chi connectivity index (χ0n) is 18.9. The molecule has 4 rings (SSSR count). The Labute approximate surface area is 188 Å². The first kappa shape index (κ1) is 21.6. The lowest BCUT2D eigenvalue weighted by atomic mass is 9.95. The Morgan fingerprint density at radius 2 is 1.78 bits per heavy atom. The summed E-state index contributed by atoms with van der Waals surface area (Å²) in [4.78, 5) is 17.5. The van der Waals surface area contributed by atoms with Crippen molar-refractivity contribution in [3.63, 3.8) is 0 Å². The minimum absolute atomic E-state index is 0.00871. The highest BCUT2D eigenvalue weighted by Gasteiger charge is 2.19. The van der Waals surface area contributed by atoms with Gasteiger partial charge in [0.1, 0.15) is 11.5 Å². The van der Waals surface area contributed by atoms with Gasteiger partial charge in [-0.1, -0.05) is 37.3 Å². The van der Waals surface area contributed by atoms with Crippen LogP contribution in [0.2, 0.25) is 0 Å². The van der Waals surface area contributed by atoms with Crippen LogP contribution in [-0.2, 0) is 11.3 Å². The Kier molecular flexibility index (Phi) is 6.21. The minimum atomic E-state index is -0.179. The summed E-state index contributed by atoms with van der Waals surface area (Å²) in [5.74, 6) is 1.15. The van der Waals surface area contributed by atoms with E-state index in [4.69, 9.17) is 4.42 Å². The second-order valence-electron chi connectivity index (χ2n) is 8.04. The van der Waals surface area contributed by atoms with Crippen LogP contribution < -0.4 is 5.32 Å². The van der Waals surface area contributed by atoms with Crippen LogP contribution in [0.15, 0.2) is 65.1 Å². The third kappa shape index (κ3) is 4.64. The van der Waals surface area contributed by atoms with Gasteiger partial charge in [-0.15, -0.1) is 0 Å². The number of amides is 1. The Balaban J connectivity index is 1.47. The number of hydrogen-bond acceptors (Lipinski definition) is 4. The molecule has 0 aliphatic carbocycles. The van der Waals surface area contributed by atoms with Gasteiger partial charge in [-0.05, 0) is 63.1 Å². The van der Waals surface area contributed by atoms with Crippen molar-refractivity contribution >= 4 is 11.6 Å². The Bertz CT molecular complexity index is 1210. The van der Waals surface area contributed by atoms with Gasteiger partial charge in [-0.2, -0.15) is 5.10 Å². The van der Waals surface area contributed by atoms with E-state index >= 15 is 0 Å². The molecule has 0 saturated heterocycles. The van der Waals surface area contributed by atoms with Gasteiger partial charge in [0.25, 0.3) is 0 Å². The summed E-state index contributed by atoms with van der Waals surface area (Å²) < 4.78 is 7.84. The van der Waals surface area contributed by atoms with Crippen LogP contribution in [0.5, 0.6) is 0 Å². The molecule has 0 aliphatic heterocycles. The number of nitrogens with one attached hydrogen (secondary N) is 1. The van der Waals surface area contributed by atoms with Gasteiger partial charge in [0.15, 0.2) is 0 Å². The Hall–Kier alpha value is -3.67. The van der Waals surface area contributed by atoms with Crippen LogP contribution in [-0.4, -0.2) is 20.7 Å². The number of oxazole rings is 1. The fourth-order valence-electron chi connectivity index (χ4n) is 3.86. The molecular weight excluding hydrogens is 400 g/mol. The number of nitrogens with zero attached hydrogens (tertiary/aromatic N) is 3. The summed E-state index contributed by atoms with van der Waals surface area (Å²) in [6.45, 7) is 8.52. The predicted octanol–water partition coefficient (Wildman–Crippen LogP) is 5.64. The lowest BCUT2D eigenvalue weighted by Crippen LogP contribution is -2.20. The Morgan fingerprint density at radius 3 is 2.41 bits per heavy atom. The predicted molar refractivity (Wildman–Crippen MR) is 126 cm³/mol. The second kappa shape index (κ2) is 9.22. The molecule has 0 saturated carbocycles. The average Bonchev–Trinajstić information content (AvgIpc) is 3.31. The van der Waals surface area contributed by atoms with E-state index in [2.05, 4.69) is 15.4 Å². The standard InChI is InChI=1S/C26H28N4O2/c1-5-23(20-9-7-6-8-10-20)25(31)27-22-13-11-21(12-14-22)26-28-24(19(4)32-26)16-30-18(3)15-17(2)29-30/h6-15,23H,5,16H2,1-4H3,(H,27,31)/t23-/m0/s1. The fraction of sp³-hybridized carbons (Fsp3) is 0.269. The number of carbonyl (C=O) groups is 1. The monoisotopic (exact) mass is 428 g/mol. The molecule has 32 heavy (non-hydrogen) atoms. The number of rotatable bonds is 7. The first-order valence-corrected chi connectivity index (χ1v) is 10.9. The summed E-state index contributed by atoms with van der Waals surface area (Å²) in [5.41, 5.74) is 5.57. The maximum Gasteiger partial charge on any atom is 0.231 e. The molecule has 0 bridgehead atoms.